The molecule has 0 atom stereocenters. The number of hydrogen-bond acceptors (Lipinski definition) is 4. The van der Waals surface area contributed by atoms with Gasteiger partial charge >= 0.3 is 0 Å². The summed E-state index contributed by atoms with van der Waals surface area (Å²) < 4.78 is 0.773. The fraction of sp³-hybridized carbons (Fsp3) is 0.300. The van der Waals surface area contributed by atoms with Crippen molar-refractivity contribution in [2.24, 2.45) is 5.73 Å². The number of nitrogens with two attached hydrogens (primary N) is 1. The first-order valence-corrected chi connectivity index (χ1v) is 5.72. The molecule has 0 unspecified atom stereocenters. The van der Waals surface area contributed by atoms with E-state index in [2.05, 4.69) is 21.2 Å². The fourth-order valence-corrected chi connectivity index (χ4v) is 1.72. The Morgan fingerprint density at radius 1 is 1.53 bits per heavy atom. The number of nitro benzene ring substituents is 1. The second-order valence-electron chi connectivity index (χ2n) is 3.42. The first-order chi connectivity index (χ1) is 8.00. The summed E-state index contributed by atoms with van der Waals surface area (Å²) in [7, 11) is 0. The number of halogens is 1. The third-order valence-electron chi connectivity index (χ3n) is 2.10. The van der Waals surface area contributed by atoms with Crippen LogP contribution in [0, 0.1) is 10.1 Å². The van der Waals surface area contributed by atoms with E-state index in [1.807, 2.05) is 0 Å². The predicted molar refractivity (Wildman–Crippen MR) is 66.3 cm³/mol. The number of rotatable bonds is 6. The van der Waals surface area contributed by atoms with E-state index in [0.29, 0.717) is 18.7 Å². The van der Waals surface area contributed by atoms with Gasteiger partial charge < -0.3 is 11.1 Å². The summed E-state index contributed by atoms with van der Waals surface area (Å²) in [4.78, 5) is 20.8. The van der Waals surface area contributed by atoms with Gasteiger partial charge in [0.25, 0.3) is 5.69 Å². The standard InChI is InChI=1S/C10H12BrN3O3/c11-8-1-2-9(14(16)17)7(5-8)6-13-4-3-10(12)15/h1-2,5,13H,3-4,6H2,(H2,12,15). The van der Waals surface area contributed by atoms with Gasteiger partial charge in [0.2, 0.25) is 5.91 Å². The van der Waals surface area contributed by atoms with Crippen LogP contribution in [0.1, 0.15) is 12.0 Å². The number of primary amides is 1. The average Bonchev–Trinajstić information content (AvgIpc) is 2.23. The minimum atomic E-state index is -0.433. The van der Waals surface area contributed by atoms with E-state index in [-0.39, 0.29) is 12.1 Å². The SMILES string of the molecule is NC(=O)CCNCc1cc(Br)ccc1[N+](=O)[O-]. The van der Waals surface area contributed by atoms with Crippen molar-refractivity contribution < 1.29 is 9.72 Å². The Kier molecular flexibility index (Phi) is 5.05. The Labute approximate surface area is 106 Å². The maximum absolute atomic E-state index is 10.8. The van der Waals surface area contributed by atoms with Gasteiger partial charge in [-0.1, -0.05) is 15.9 Å². The van der Waals surface area contributed by atoms with Gasteiger partial charge in [-0.25, -0.2) is 0 Å². The molecular weight excluding hydrogens is 290 g/mol. The van der Waals surface area contributed by atoms with E-state index >= 15 is 0 Å². The van der Waals surface area contributed by atoms with Crippen LogP contribution in [0.25, 0.3) is 0 Å². The molecule has 1 aromatic carbocycles. The van der Waals surface area contributed by atoms with Crippen molar-refractivity contribution in [3.05, 3.63) is 38.3 Å². The second-order valence-corrected chi connectivity index (χ2v) is 4.34. The van der Waals surface area contributed by atoms with E-state index in [1.165, 1.54) is 6.07 Å². The average molecular weight is 302 g/mol. The Morgan fingerprint density at radius 3 is 2.82 bits per heavy atom. The molecule has 0 aliphatic rings. The van der Waals surface area contributed by atoms with Crippen molar-refractivity contribution in [2.75, 3.05) is 6.54 Å². The molecule has 0 aliphatic carbocycles. The molecule has 17 heavy (non-hydrogen) atoms. The summed E-state index contributed by atoms with van der Waals surface area (Å²) in [6.07, 6.45) is 0.210. The number of carbonyl (C=O) groups excluding carboxylic acids is 1. The van der Waals surface area contributed by atoms with Gasteiger partial charge in [0.15, 0.2) is 0 Å². The molecule has 0 aliphatic heterocycles. The lowest BCUT2D eigenvalue weighted by Crippen LogP contribution is -2.21. The smallest absolute Gasteiger partial charge is 0.273 e. The van der Waals surface area contributed by atoms with Crippen LogP contribution in [0.5, 0.6) is 0 Å². The Hall–Kier alpha value is -1.47. The molecule has 0 bridgehead atoms. The highest BCUT2D eigenvalue weighted by molar-refractivity contribution is 9.10. The molecule has 1 aromatic rings. The zero-order chi connectivity index (χ0) is 12.8. The van der Waals surface area contributed by atoms with Crippen molar-refractivity contribution in [3.63, 3.8) is 0 Å². The molecule has 3 N–H and O–H groups in total. The summed E-state index contributed by atoms with van der Waals surface area (Å²) in [5, 5.41) is 13.7. The van der Waals surface area contributed by atoms with Crippen molar-refractivity contribution in [3.8, 4) is 0 Å². The van der Waals surface area contributed by atoms with E-state index in [4.69, 9.17) is 5.73 Å². The quantitative estimate of drug-likeness (QED) is 0.470. The van der Waals surface area contributed by atoms with Gasteiger partial charge in [-0.2, -0.15) is 0 Å². The van der Waals surface area contributed by atoms with Crippen LogP contribution in [-0.4, -0.2) is 17.4 Å². The maximum Gasteiger partial charge on any atom is 0.273 e. The van der Waals surface area contributed by atoms with Crippen LogP contribution in [0.4, 0.5) is 5.69 Å². The van der Waals surface area contributed by atoms with E-state index < -0.39 is 10.8 Å². The second kappa shape index (κ2) is 6.31. The van der Waals surface area contributed by atoms with Gasteiger partial charge in [0, 0.05) is 35.6 Å². The molecule has 6 nitrogen and oxygen atoms in total. The molecule has 0 spiro atoms. The minimum absolute atomic E-state index is 0.0553. The summed E-state index contributed by atoms with van der Waals surface area (Å²) in [5.41, 5.74) is 5.60. The topological polar surface area (TPSA) is 98.3 Å². The molecule has 92 valence electrons. The Bertz CT molecular complexity index is 437. The van der Waals surface area contributed by atoms with Crippen molar-refractivity contribution >= 4 is 27.5 Å². The number of nitro groups is 1. The fourth-order valence-electron chi connectivity index (χ4n) is 1.31. The summed E-state index contributed by atoms with van der Waals surface area (Å²) >= 11 is 3.25. The third kappa shape index (κ3) is 4.49. The zero-order valence-corrected chi connectivity index (χ0v) is 10.6. The highest BCUT2D eigenvalue weighted by Gasteiger charge is 2.13. The Balaban J connectivity index is 2.65. The minimum Gasteiger partial charge on any atom is -0.370 e. The molecule has 0 saturated carbocycles. The van der Waals surface area contributed by atoms with Crippen LogP contribution in [0.3, 0.4) is 0 Å². The number of benzene rings is 1. The van der Waals surface area contributed by atoms with Crippen LogP contribution < -0.4 is 11.1 Å². The summed E-state index contributed by atoms with van der Waals surface area (Å²) in [6, 6.07) is 4.73. The lowest BCUT2D eigenvalue weighted by molar-refractivity contribution is -0.385. The molecule has 0 heterocycles. The van der Waals surface area contributed by atoms with Crippen LogP contribution in [-0.2, 0) is 11.3 Å². The highest BCUT2D eigenvalue weighted by Crippen LogP contribution is 2.22. The van der Waals surface area contributed by atoms with Gasteiger partial charge in [0.05, 0.1) is 4.92 Å². The molecule has 7 heteroatoms. The maximum atomic E-state index is 10.8. The molecule has 0 saturated heterocycles. The number of nitrogens with one attached hydrogen (secondary N) is 1. The summed E-state index contributed by atoms with van der Waals surface area (Å²) in [5.74, 6) is -0.402. The predicted octanol–water partition coefficient (Wildman–Crippen LogP) is 1.32. The van der Waals surface area contributed by atoms with E-state index in [0.717, 1.165) is 4.47 Å². The van der Waals surface area contributed by atoms with Crippen LogP contribution >= 0.6 is 15.9 Å². The highest BCUT2D eigenvalue weighted by atomic mass is 79.9. The lowest BCUT2D eigenvalue weighted by Gasteiger charge is -2.05. The number of carbonyl (C=O) groups is 1. The molecule has 1 amide bonds. The molecule has 1 rings (SSSR count). The molecule has 0 fully saturated rings. The first-order valence-electron chi connectivity index (χ1n) is 4.92. The number of amides is 1. The van der Waals surface area contributed by atoms with Crippen molar-refractivity contribution in [1.82, 2.24) is 5.32 Å². The van der Waals surface area contributed by atoms with E-state index in [9.17, 15) is 14.9 Å². The van der Waals surface area contributed by atoms with Gasteiger partial charge in [-0.15, -0.1) is 0 Å². The van der Waals surface area contributed by atoms with Gasteiger partial charge in [-0.05, 0) is 12.1 Å². The first kappa shape index (κ1) is 13.6. The zero-order valence-electron chi connectivity index (χ0n) is 8.98. The van der Waals surface area contributed by atoms with E-state index in [1.54, 1.807) is 12.1 Å². The van der Waals surface area contributed by atoms with Crippen molar-refractivity contribution in [2.45, 2.75) is 13.0 Å². The molecular formula is C10H12BrN3O3. The van der Waals surface area contributed by atoms with Crippen LogP contribution in [0.15, 0.2) is 22.7 Å². The molecule has 0 radical (unpaired) electrons. The van der Waals surface area contributed by atoms with Gasteiger partial charge in [-0.3, -0.25) is 14.9 Å². The van der Waals surface area contributed by atoms with Crippen LogP contribution in [0.2, 0.25) is 0 Å². The number of hydrogen-bond donors (Lipinski definition) is 2. The normalized spacial score (nSPS) is 10.2. The summed E-state index contributed by atoms with van der Waals surface area (Å²) in [6.45, 7) is 0.724. The lowest BCUT2D eigenvalue weighted by atomic mass is 10.2. The monoisotopic (exact) mass is 301 g/mol. The molecule has 0 aromatic heterocycles. The third-order valence-corrected chi connectivity index (χ3v) is 2.60. The largest absolute Gasteiger partial charge is 0.370 e. The van der Waals surface area contributed by atoms with Crippen molar-refractivity contribution in [1.29, 1.82) is 0 Å². The Morgan fingerprint density at radius 2 is 2.24 bits per heavy atom. The van der Waals surface area contributed by atoms with Gasteiger partial charge in [0.1, 0.15) is 0 Å². The number of nitrogens with zero attached hydrogens (tertiary/aromatic N) is 1.